The Morgan fingerprint density at radius 2 is 2.07 bits per heavy atom. The lowest BCUT2D eigenvalue weighted by Crippen LogP contribution is -2.16. The zero-order valence-corrected chi connectivity index (χ0v) is 8.59. The molecule has 0 saturated heterocycles. The zero-order valence-electron chi connectivity index (χ0n) is 7.77. The van der Waals surface area contributed by atoms with E-state index in [0.717, 1.165) is 0 Å². The largest absolute Gasteiger partial charge is 0.394 e. The molecule has 0 aliphatic carbocycles. The van der Waals surface area contributed by atoms with Crippen LogP contribution < -0.4 is 4.84 Å². The summed E-state index contributed by atoms with van der Waals surface area (Å²) in [7, 11) is -4.67. The van der Waals surface area contributed by atoms with Gasteiger partial charge < -0.3 is 4.84 Å². The number of carbonyl (C=O) groups excluding carboxylic acids is 1. The highest BCUT2D eigenvalue weighted by Gasteiger charge is 1.97. The first kappa shape index (κ1) is 13.5. The van der Waals surface area contributed by atoms with Crippen molar-refractivity contribution in [3.05, 3.63) is 18.7 Å². The summed E-state index contributed by atoms with van der Waals surface area (Å²) >= 11 is 0. The Morgan fingerprint density at radius 3 is 2.40 bits per heavy atom. The summed E-state index contributed by atoms with van der Waals surface area (Å²) in [4.78, 5) is 19.0. The van der Waals surface area contributed by atoms with Gasteiger partial charge in [0.15, 0.2) is 0 Å². The molecule has 1 aromatic heterocycles. The van der Waals surface area contributed by atoms with E-state index < -0.39 is 10.4 Å². The summed E-state index contributed by atoms with van der Waals surface area (Å²) in [5.74, 6) is -0.266. The van der Waals surface area contributed by atoms with Gasteiger partial charge in [0.1, 0.15) is 6.33 Å². The average Bonchev–Trinajstić information content (AvgIpc) is 2.53. The Balaban J connectivity index is 0.000000336. The molecule has 0 aromatic carbocycles. The van der Waals surface area contributed by atoms with Crippen LogP contribution in [0, 0.1) is 0 Å². The van der Waals surface area contributed by atoms with Crippen molar-refractivity contribution < 1.29 is 27.2 Å². The quantitative estimate of drug-likeness (QED) is 0.672. The predicted octanol–water partition coefficient (Wildman–Crippen LogP) is -0.404. The highest BCUT2D eigenvalue weighted by atomic mass is 32.3. The molecule has 1 rings (SSSR count). The maximum absolute atomic E-state index is 10.6. The van der Waals surface area contributed by atoms with Crippen LogP contribution in [0.4, 0.5) is 0 Å². The number of carbonyl (C=O) groups is 1. The number of rotatable bonds is 2. The van der Waals surface area contributed by atoms with Crippen molar-refractivity contribution in [1.82, 2.24) is 9.71 Å². The molecule has 8 nitrogen and oxygen atoms in total. The first-order chi connectivity index (χ1) is 6.83. The van der Waals surface area contributed by atoms with Gasteiger partial charge in [0.2, 0.25) is 0 Å². The Bertz CT molecular complexity index is 376. The van der Waals surface area contributed by atoms with Crippen LogP contribution in [0.5, 0.6) is 0 Å². The maximum atomic E-state index is 10.6. The van der Waals surface area contributed by atoms with Crippen LogP contribution >= 0.6 is 0 Å². The molecule has 0 fully saturated rings. The third-order valence-electron chi connectivity index (χ3n) is 0.976. The standard InChI is InChI=1S/C6H8N2O2.H2O4S/c1-2-6(9)10-8-4-3-7-5-8;1-5(2,3)4/h3-5H,2H2,1H3;(H2,1,2,3,4). The molecule has 0 amide bonds. The van der Waals surface area contributed by atoms with Gasteiger partial charge in [0, 0.05) is 12.6 Å². The molecule has 0 aliphatic rings. The highest BCUT2D eigenvalue weighted by molar-refractivity contribution is 7.79. The molecule has 15 heavy (non-hydrogen) atoms. The van der Waals surface area contributed by atoms with Crippen molar-refractivity contribution in [2.45, 2.75) is 13.3 Å². The van der Waals surface area contributed by atoms with Crippen molar-refractivity contribution in [2.24, 2.45) is 0 Å². The van der Waals surface area contributed by atoms with E-state index in [0.29, 0.717) is 6.42 Å². The fraction of sp³-hybridized carbons (Fsp3) is 0.333. The lowest BCUT2D eigenvalue weighted by Gasteiger charge is -1.98. The SMILES string of the molecule is CCC(=O)On1ccnc1.O=S(=O)(O)O. The summed E-state index contributed by atoms with van der Waals surface area (Å²) < 4.78 is 32.9. The van der Waals surface area contributed by atoms with Gasteiger partial charge in [-0.3, -0.25) is 9.11 Å². The van der Waals surface area contributed by atoms with Gasteiger partial charge in [0.25, 0.3) is 0 Å². The average molecular weight is 238 g/mol. The second kappa shape index (κ2) is 6.11. The van der Waals surface area contributed by atoms with Gasteiger partial charge in [-0.2, -0.15) is 13.1 Å². The van der Waals surface area contributed by atoms with E-state index in [1.807, 2.05) is 0 Å². The van der Waals surface area contributed by atoms with E-state index in [1.165, 1.54) is 11.1 Å². The zero-order chi connectivity index (χ0) is 11.9. The van der Waals surface area contributed by atoms with Crippen LogP contribution in [0.2, 0.25) is 0 Å². The first-order valence-corrected chi connectivity index (χ1v) is 5.11. The number of nitrogens with zero attached hydrogens (tertiary/aromatic N) is 2. The van der Waals surface area contributed by atoms with Gasteiger partial charge in [-0.15, -0.1) is 0 Å². The first-order valence-electron chi connectivity index (χ1n) is 3.72. The van der Waals surface area contributed by atoms with E-state index in [1.54, 1.807) is 19.3 Å². The molecule has 9 heteroatoms. The second-order valence-corrected chi connectivity index (χ2v) is 3.08. The lowest BCUT2D eigenvalue weighted by atomic mass is 10.5. The molecular formula is C6H10N2O6S. The molecule has 0 aliphatic heterocycles. The Kier molecular flexibility index (Phi) is 5.52. The second-order valence-electron chi connectivity index (χ2n) is 2.19. The summed E-state index contributed by atoms with van der Waals surface area (Å²) in [6, 6.07) is 0. The van der Waals surface area contributed by atoms with E-state index in [9.17, 15) is 4.79 Å². The van der Waals surface area contributed by atoms with Crippen LogP contribution in [0.25, 0.3) is 0 Å². The maximum Gasteiger partial charge on any atom is 0.394 e. The van der Waals surface area contributed by atoms with Crippen molar-refractivity contribution in [3.8, 4) is 0 Å². The minimum atomic E-state index is -4.67. The van der Waals surface area contributed by atoms with Crippen molar-refractivity contribution >= 4 is 16.4 Å². The van der Waals surface area contributed by atoms with Crippen molar-refractivity contribution in [3.63, 3.8) is 0 Å². The Labute approximate surface area is 86.0 Å². The van der Waals surface area contributed by atoms with E-state index in [-0.39, 0.29) is 5.97 Å². The summed E-state index contributed by atoms with van der Waals surface area (Å²) in [5.41, 5.74) is 0. The molecule has 1 heterocycles. The number of imidazole rings is 1. The fourth-order valence-electron chi connectivity index (χ4n) is 0.483. The minimum absolute atomic E-state index is 0.266. The van der Waals surface area contributed by atoms with Crippen molar-refractivity contribution in [2.75, 3.05) is 0 Å². The van der Waals surface area contributed by atoms with Crippen LogP contribution in [0.3, 0.4) is 0 Å². The number of hydrogen-bond donors (Lipinski definition) is 2. The summed E-state index contributed by atoms with van der Waals surface area (Å²) in [6.45, 7) is 1.74. The van der Waals surface area contributed by atoms with E-state index in [4.69, 9.17) is 22.4 Å². The fourth-order valence-corrected chi connectivity index (χ4v) is 0.483. The Morgan fingerprint density at radius 1 is 1.53 bits per heavy atom. The molecule has 0 radical (unpaired) electrons. The molecule has 0 spiro atoms. The topological polar surface area (TPSA) is 119 Å². The van der Waals surface area contributed by atoms with Crippen molar-refractivity contribution in [1.29, 1.82) is 0 Å². The van der Waals surface area contributed by atoms with Gasteiger partial charge >= 0.3 is 16.4 Å². The summed E-state index contributed by atoms with van der Waals surface area (Å²) in [5, 5.41) is 0. The third-order valence-corrected chi connectivity index (χ3v) is 0.976. The van der Waals surface area contributed by atoms with Crippen LogP contribution in [-0.4, -0.2) is 33.2 Å². The van der Waals surface area contributed by atoms with Crippen LogP contribution in [-0.2, 0) is 15.2 Å². The van der Waals surface area contributed by atoms with Crippen LogP contribution in [0.15, 0.2) is 18.7 Å². The normalized spacial score (nSPS) is 10.1. The lowest BCUT2D eigenvalue weighted by molar-refractivity contribution is -0.143. The number of aromatic nitrogens is 2. The van der Waals surface area contributed by atoms with Gasteiger partial charge in [-0.25, -0.2) is 9.78 Å². The number of hydrogen-bond acceptors (Lipinski definition) is 5. The van der Waals surface area contributed by atoms with Gasteiger partial charge in [0.05, 0.1) is 6.20 Å². The highest BCUT2D eigenvalue weighted by Crippen LogP contribution is 1.83. The minimum Gasteiger partial charge on any atom is -0.336 e. The molecule has 0 atom stereocenters. The van der Waals surface area contributed by atoms with Gasteiger partial charge in [-0.05, 0) is 0 Å². The van der Waals surface area contributed by atoms with Gasteiger partial charge in [-0.1, -0.05) is 6.92 Å². The molecule has 86 valence electrons. The smallest absolute Gasteiger partial charge is 0.336 e. The van der Waals surface area contributed by atoms with E-state index >= 15 is 0 Å². The summed E-state index contributed by atoms with van der Waals surface area (Å²) in [6.07, 6.45) is 4.90. The van der Waals surface area contributed by atoms with E-state index in [2.05, 4.69) is 4.98 Å². The van der Waals surface area contributed by atoms with Crippen LogP contribution in [0.1, 0.15) is 13.3 Å². The predicted molar refractivity (Wildman–Crippen MR) is 48.3 cm³/mol. The molecule has 0 unspecified atom stereocenters. The Hall–Kier alpha value is -1.45. The molecule has 2 N–H and O–H groups in total. The molecule has 1 aromatic rings. The molecule has 0 bridgehead atoms. The molecular weight excluding hydrogens is 228 g/mol. The molecule has 0 saturated carbocycles. The third kappa shape index (κ3) is 10.5. The monoisotopic (exact) mass is 238 g/mol.